The topological polar surface area (TPSA) is 72.2 Å². The molecular weight excluding hydrogens is 291 g/mol. The van der Waals surface area contributed by atoms with Crippen molar-refractivity contribution < 1.29 is 12.8 Å². The number of nitrogen functional groups attached to an aromatic ring is 1. The summed E-state index contributed by atoms with van der Waals surface area (Å²) in [4.78, 5) is -0.356. The van der Waals surface area contributed by atoms with E-state index in [0.717, 1.165) is 19.3 Å². The van der Waals surface area contributed by atoms with E-state index in [9.17, 15) is 12.8 Å². The van der Waals surface area contributed by atoms with Crippen LogP contribution in [0.2, 0.25) is 0 Å². The molecule has 0 spiro atoms. The van der Waals surface area contributed by atoms with Gasteiger partial charge in [-0.15, -0.1) is 0 Å². The van der Waals surface area contributed by atoms with Gasteiger partial charge in [0.25, 0.3) is 0 Å². The number of nitrogens with one attached hydrogen (secondary N) is 1. The van der Waals surface area contributed by atoms with Crippen molar-refractivity contribution in [2.45, 2.75) is 51.0 Å². The Bertz CT molecular complexity index is 631. The molecular formula is C15H23FN2O2S. The van der Waals surface area contributed by atoms with Gasteiger partial charge in [-0.2, -0.15) is 0 Å². The summed E-state index contributed by atoms with van der Waals surface area (Å²) >= 11 is 0. The van der Waals surface area contributed by atoms with Crippen LogP contribution in [0.3, 0.4) is 0 Å². The molecule has 0 amide bonds. The molecule has 0 radical (unpaired) electrons. The fourth-order valence-corrected chi connectivity index (χ4v) is 4.63. The number of aryl methyl sites for hydroxylation is 1. The molecule has 1 fully saturated rings. The smallest absolute Gasteiger partial charge is 0.243 e. The summed E-state index contributed by atoms with van der Waals surface area (Å²) in [6.45, 7) is 5.71. The van der Waals surface area contributed by atoms with Crippen molar-refractivity contribution in [2.24, 2.45) is 11.8 Å². The number of hydrogen-bond donors (Lipinski definition) is 2. The Balaban J connectivity index is 2.27. The molecule has 0 heterocycles. The molecule has 0 aromatic heterocycles. The summed E-state index contributed by atoms with van der Waals surface area (Å²) in [5, 5.41) is 0. The van der Waals surface area contributed by atoms with Crippen LogP contribution >= 0.6 is 0 Å². The molecule has 1 aromatic rings. The number of sulfonamides is 1. The number of halogens is 1. The number of nitrogens with two attached hydrogens (primary N) is 1. The Kier molecular flexibility index (Phi) is 4.58. The average Bonchev–Trinajstić information content (AvgIpc) is 2.37. The molecule has 1 aromatic carbocycles. The lowest BCUT2D eigenvalue weighted by molar-refractivity contribution is 0.249. The van der Waals surface area contributed by atoms with Crippen LogP contribution in [0.5, 0.6) is 0 Å². The molecule has 0 bridgehead atoms. The van der Waals surface area contributed by atoms with E-state index in [1.165, 1.54) is 19.1 Å². The van der Waals surface area contributed by atoms with Crippen molar-refractivity contribution in [1.82, 2.24) is 4.72 Å². The molecule has 2 rings (SSSR count). The first-order chi connectivity index (χ1) is 9.70. The van der Waals surface area contributed by atoms with E-state index in [1.54, 1.807) is 0 Å². The van der Waals surface area contributed by atoms with Gasteiger partial charge in [0.2, 0.25) is 10.0 Å². The van der Waals surface area contributed by atoms with Gasteiger partial charge in [-0.05, 0) is 55.7 Å². The van der Waals surface area contributed by atoms with E-state index in [0.29, 0.717) is 5.92 Å². The Hall–Kier alpha value is -1.14. The van der Waals surface area contributed by atoms with Crippen molar-refractivity contribution in [1.29, 1.82) is 0 Å². The molecule has 3 unspecified atom stereocenters. The third kappa shape index (κ3) is 3.55. The zero-order chi connectivity index (χ0) is 15.8. The van der Waals surface area contributed by atoms with E-state index >= 15 is 0 Å². The lowest BCUT2D eigenvalue weighted by Gasteiger charge is -2.32. The minimum Gasteiger partial charge on any atom is -0.399 e. The van der Waals surface area contributed by atoms with Gasteiger partial charge in [0, 0.05) is 11.7 Å². The monoisotopic (exact) mass is 314 g/mol. The first-order valence-electron chi connectivity index (χ1n) is 7.28. The second-order valence-electron chi connectivity index (χ2n) is 6.27. The summed E-state index contributed by atoms with van der Waals surface area (Å²) < 4.78 is 41.7. The van der Waals surface area contributed by atoms with Gasteiger partial charge in [0.1, 0.15) is 10.7 Å². The van der Waals surface area contributed by atoms with E-state index in [2.05, 4.69) is 11.6 Å². The zero-order valence-electron chi connectivity index (χ0n) is 12.7. The van der Waals surface area contributed by atoms with Gasteiger partial charge in [0.15, 0.2) is 0 Å². The van der Waals surface area contributed by atoms with Crippen LogP contribution in [-0.4, -0.2) is 14.5 Å². The second kappa shape index (κ2) is 5.93. The van der Waals surface area contributed by atoms with Crippen LogP contribution < -0.4 is 10.5 Å². The maximum Gasteiger partial charge on any atom is 0.243 e. The van der Waals surface area contributed by atoms with Crippen molar-refractivity contribution in [3.05, 3.63) is 23.5 Å². The second-order valence-corrected chi connectivity index (χ2v) is 7.96. The Morgan fingerprint density at radius 3 is 2.57 bits per heavy atom. The van der Waals surface area contributed by atoms with Gasteiger partial charge < -0.3 is 5.73 Å². The van der Waals surface area contributed by atoms with Crippen LogP contribution in [0.15, 0.2) is 17.0 Å². The maximum absolute atomic E-state index is 14.1. The van der Waals surface area contributed by atoms with Crippen molar-refractivity contribution in [3.8, 4) is 0 Å². The van der Waals surface area contributed by atoms with Gasteiger partial charge in [-0.1, -0.05) is 13.8 Å². The Morgan fingerprint density at radius 1 is 1.29 bits per heavy atom. The molecule has 21 heavy (non-hydrogen) atoms. The van der Waals surface area contributed by atoms with Gasteiger partial charge in [-0.25, -0.2) is 17.5 Å². The number of benzene rings is 1. The van der Waals surface area contributed by atoms with Gasteiger partial charge >= 0.3 is 0 Å². The lowest BCUT2D eigenvalue weighted by atomic mass is 9.80. The molecule has 0 aliphatic heterocycles. The summed E-state index contributed by atoms with van der Waals surface area (Å²) in [6, 6.07) is 2.47. The molecule has 0 saturated heterocycles. The molecule has 3 N–H and O–H groups in total. The molecule has 6 heteroatoms. The Labute approximate surface area is 126 Å². The minimum absolute atomic E-state index is 0.146. The summed E-state index contributed by atoms with van der Waals surface area (Å²) in [6.07, 6.45) is 2.74. The third-order valence-electron chi connectivity index (χ3n) is 4.27. The first kappa shape index (κ1) is 16.2. The van der Waals surface area contributed by atoms with Crippen LogP contribution in [0.25, 0.3) is 0 Å². The highest BCUT2D eigenvalue weighted by molar-refractivity contribution is 7.89. The van der Waals surface area contributed by atoms with Crippen LogP contribution in [0, 0.1) is 24.6 Å². The highest BCUT2D eigenvalue weighted by Crippen LogP contribution is 2.30. The largest absolute Gasteiger partial charge is 0.399 e. The average molecular weight is 314 g/mol. The van der Waals surface area contributed by atoms with E-state index < -0.39 is 15.8 Å². The van der Waals surface area contributed by atoms with Crippen LogP contribution in [-0.2, 0) is 10.0 Å². The minimum atomic E-state index is -3.89. The third-order valence-corrected chi connectivity index (χ3v) is 5.76. The summed E-state index contributed by atoms with van der Waals surface area (Å²) in [7, 11) is -3.89. The van der Waals surface area contributed by atoms with Gasteiger partial charge in [-0.3, -0.25) is 0 Å². The molecule has 4 nitrogen and oxygen atoms in total. The summed E-state index contributed by atoms with van der Waals surface area (Å²) in [5.41, 5.74) is 6.13. The highest BCUT2D eigenvalue weighted by Gasteiger charge is 2.31. The molecule has 1 aliphatic carbocycles. The predicted octanol–water partition coefficient (Wildman–Crippen LogP) is 2.82. The van der Waals surface area contributed by atoms with E-state index in [-0.39, 0.29) is 28.1 Å². The van der Waals surface area contributed by atoms with Crippen molar-refractivity contribution in [2.75, 3.05) is 5.73 Å². The number of rotatable bonds is 3. The molecule has 118 valence electrons. The van der Waals surface area contributed by atoms with E-state index in [1.807, 2.05) is 6.92 Å². The lowest BCUT2D eigenvalue weighted by Crippen LogP contribution is -2.42. The maximum atomic E-state index is 14.1. The van der Waals surface area contributed by atoms with E-state index in [4.69, 9.17) is 5.73 Å². The van der Waals surface area contributed by atoms with Crippen LogP contribution in [0.4, 0.5) is 10.1 Å². The SMILES string of the molecule is Cc1cc(N)cc(S(=O)(=O)NC2CCC(C)CC2C)c1F. The fraction of sp³-hybridized carbons (Fsp3) is 0.600. The van der Waals surface area contributed by atoms with Crippen molar-refractivity contribution in [3.63, 3.8) is 0 Å². The normalized spacial score (nSPS) is 26.8. The van der Waals surface area contributed by atoms with Crippen molar-refractivity contribution >= 4 is 15.7 Å². The summed E-state index contributed by atoms with van der Waals surface area (Å²) in [5.74, 6) is 0.120. The molecule has 1 saturated carbocycles. The standard InChI is InChI=1S/C15H23FN2O2S/c1-9-4-5-13(10(2)6-9)18-21(19,20)14-8-12(17)7-11(3)15(14)16/h7-10,13,18H,4-6,17H2,1-3H3. The predicted molar refractivity (Wildman–Crippen MR) is 81.8 cm³/mol. The zero-order valence-corrected chi connectivity index (χ0v) is 13.5. The quantitative estimate of drug-likeness (QED) is 0.843. The first-order valence-corrected chi connectivity index (χ1v) is 8.77. The Morgan fingerprint density at radius 2 is 1.95 bits per heavy atom. The molecule has 3 atom stereocenters. The van der Waals surface area contributed by atoms with Gasteiger partial charge in [0.05, 0.1) is 0 Å². The number of hydrogen-bond acceptors (Lipinski definition) is 3. The fourth-order valence-electron chi connectivity index (χ4n) is 3.06. The molecule has 1 aliphatic rings. The van der Waals surface area contributed by atoms with Crippen LogP contribution in [0.1, 0.15) is 38.7 Å². The number of anilines is 1. The highest BCUT2D eigenvalue weighted by atomic mass is 32.2.